The van der Waals surface area contributed by atoms with Crippen LogP contribution in [0.1, 0.15) is 38.3 Å². The Labute approximate surface area is 210 Å². The van der Waals surface area contributed by atoms with E-state index in [1.165, 1.54) is 11.1 Å². The zero-order chi connectivity index (χ0) is 23.6. The van der Waals surface area contributed by atoms with Crippen LogP contribution in [-0.4, -0.2) is 54.3 Å². The van der Waals surface area contributed by atoms with Crippen LogP contribution in [0.25, 0.3) is 0 Å². The van der Waals surface area contributed by atoms with Crippen LogP contribution in [0.2, 0.25) is 10.0 Å². The first-order valence-corrected chi connectivity index (χ1v) is 12.7. The number of aliphatic hydroxyl groups excluding tert-OH is 1. The highest BCUT2D eigenvalue weighted by Crippen LogP contribution is 2.49. The molecule has 0 amide bonds. The zero-order valence-electron chi connectivity index (χ0n) is 19.4. The summed E-state index contributed by atoms with van der Waals surface area (Å²) in [6.45, 7) is 8.07. The molecule has 0 heterocycles. The molecule has 2 aromatic rings. The van der Waals surface area contributed by atoms with E-state index in [9.17, 15) is 5.11 Å². The van der Waals surface area contributed by atoms with E-state index < -0.39 is 12.2 Å². The monoisotopic (exact) mass is 542 g/mol. The van der Waals surface area contributed by atoms with Crippen molar-refractivity contribution >= 4 is 39.1 Å². The van der Waals surface area contributed by atoms with Crippen molar-refractivity contribution in [2.45, 2.75) is 51.5 Å². The first kappa shape index (κ1) is 25.8. The summed E-state index contributed by atoms with van der Waals surface area (Å²) in [4.78, 5) is 4.83. The van der Waals surface area contributed by atoms with Crippen molar-refractivity contribution in [2.24, 2.45) is 5.92 Å². The van der Waals surface area contributed by atoms with E-state index >= 15 is 0 Å². The topological polar surface area (TPSA) is 35.9 Å². The number of hydrogen-bond acceptors (Lipinski definition) is 4. The van der Waals surface area contributed by atoms with E-state index in [4.69, 9.17) is 27.9 Å². The average Bonchev–Trinajstić information content (AvgIpc) is 3.12. The van der Waals surface area contributed by atoms with Gasteiger partial charge in [-0.25, -0.2) is 0 Å². The Hall–Kier alpha value is -0.820. The van der Waals surface area contributed by atoms with Gasteiger partial charge in [0.05, 0.1) is 11.1 Å². The van der Waals surface area contributed by atoms with Gasteiger partial charge in [-0.05, 0) is 86.1 Å². The average molecular weight is 544 g/mol. The molecule has 0 spiro atoms. The fourth-order valence-electron chi connectivity index (χ4n) is 5.10. The van der Waals surface area contributed by atoms with Gasteiger partial charge in [-0.15, -0.1) is 0 Å². The molecule has 1 aliphatic rings. The SMILES string of the molecule is CCN(C)C1(N(C)CC)c2ccccc2CC1CC(O)C(C)Oc1ccc(Br)c(Cl)c1Cl. The molecule has 176 valence electrons. The normalized spacial score (nSPS) is 19.3. The Balaban J connectivity index is 1.88. The number of nitrogens with zero attached hydrogens (tertiary/aromatic N) is 2. The Morgan fingerprint density at radius 3 is 2.34 bits per heavy atom. The van der Waals surface area contributed by atoms with Gasteiger partial charge in [0.15, 0.2) is 0 Å². The third-order valence-corrected chi connectivity index (χ3v) is 8.70. The first-order valence-electron chi connectivity index (χ1n) is 11.2. The van der Waals surface area contributed by atoms with Gasteiger partial charge in [0.1, 0.15) is 22.5 Å². The maximum Gasteiger partial charge on any atom is 0.140 e. The lowest BCUT2D eigenvalue weighted by Gasteiger charge is -2.50. The summed E-state index contributed by atoms with van der Waals surface area (Å²) >= 11 is 16.0. The Kier molecular flexibility index (Phi) is 8.56. The number of rotatable bonds is 9. The molecule has 0 fully saturated rings. The molecular weight excluding hydrogens is 511 g/mol. The summed E-state index contributed by atoms with van der Waals surface area (Å²) in [6, 6.07) is 12.2. The highest BCUT2D eigenvalue weighted by Gasteiger charge is 2.52. The fourth-order valence-corrected chi connectivity index (χ4v) is 5.91. The van der Waals surface area contributed by atoms with Gasteiger partial charge in [0.25, 0.3) is 0 Å². The van der Waals surface area contributed by atoms with Crippen molar-refractivity contribution in [3.63, 3.8) is 0 Å². The largest absolute Gasteiger partial charge is 0.486 e. The molecule has 3 rings (SSSR count). The lowest BCUT2D eigenvalue weighted by atomic mass is 9.84. The minimum atomic E-state index is -0.664. The molecule has 3 atom stereocenters. The highest BCUT2D eigenvalue weighted by atomic mass is 79.9. The van der Waals surface area contributed by atoms with E-state index in [1.807, 2.05) is 6.92 Å². The van der Waals surface area contributed by atoms with Gasteiger partial charge in [0.2, 0.25) is 0 Å². The molecule has 0 aliphatic heterocycles. The molecule has 0 radical (unpaired) electrons. The first-order chi connectivity index (χ1) is 15.2. The van der Waals surface area contributed by atoms with Crippen LogP contribution >= 0.6 is 39.1 Å². The van der Waals surface area contributed by atoms with Crippen molar-refractivity contribution < 1.29 is 9.84 Å². The quantitative estimate of drug-likeness (QED) is 0.301. The summed E-state index contributed by atoms with van der Waals surface area (Å²) in [5, 5.41) is 12.0. The van der Waals surface area contributed by atoms with Gasteiger partial charge in [-0.3, -0.25) is 9.80 Å². The van der Waals surface area contributed by atoms with E-state index in [2.05, 4.69) is 77.9 Å². The lowest BCUT2D eigenvalue weighted by Crippen LogP contribution is -2.58. The predicted octanol–water partition coefficient (Wildman–Crippen LogP) is 6.20. The van der Waals surface area contributed by atoms with Crippen LogP contribution in [-0.2, 0) is 12.1 Å². The van der Waals surface area contributed by atoms with Crippen LogP contribution in [0.3, 0.4) is 0 Å². The molecule has 1 N–H and O–H groups in total. The second-order valence-corrected chi connectivity index (χ2v) is 10.2. The smallest absolute Gasteiger partial charge is 0.140 e. The number of benzene rings is 2. The second-order valence-electron chi connectivity index (χ2n) is 8.61. The van der Waals surface area contributed by atoms with Crippen molar-refractivity contribution in [2.75, 3.05) is 27.2 Å². The fraction of sp³-hybridized carbons (Fsp3) is 0.520. The molecule has 7 heteroatoms. The third kappa shape index (κ3) is 4.57. The number of aliphatic hydroxyl groups is 1. The molecule has 0 saturated heterocycles. The van der Waals surface area contributed by atoms with E-state index in [0.717, 1.165) is 19.5 Å². The van der Waals surface area contributed by atoms with Crippen molar-refractivity contribution in [1.82, 2.24) is 9.80 Å². The number of ether oxygens (including phenoxy) is 1. The molecule has 0 bridgehead atoms. The summed E-state index contributed by atoms with van der Waals surface area (Å²) in [6.07, 6.45) is 0.416. The zero-order valence-corrected chi connectivity index (χ0v) is 22.5. The Morgan fingerprint density at radius 1 is 1.09 bits per heavy atom. The number of fused-ring (bicyclic) bond motifs is 1. The summed E-state index contributed by atoms with van der Waals surface area (Å²) in [5.41, 5.74) is 2.41. The predicted molar refractivity (Wildman–Crippen MR) is 137 cm³/mol. The third-order valence-electron chi connectivity index (χ3n) is 6.94. The summed E-state index contributed by atoms with van der Waals surface area (Å²) < 4.78 is 6.77. The van der Waals surface area contributed by atoms with Gasteiger partial charge >= 0.3 is 0 Å². The van der Waals surface area contributed by atoms with Gasteiger partial charge in [-0.2, -0.15) is 0 Å². The van der Waals surface area contributed by atoms with Crippen molar-refractivity contribution in [1.29, 1.82) is 0 Å². The standard InChI is InChI=1S/C25H33BrCl2N2O2/c1-6-29(4)25(30(5)7-2)18(14-17-10-8-9-11-19(17)25)15-21(31)16(3)32-22-13-12-20(26)23(27)24(22)28/h8-13,16,18,21,31H,6-7,14-15H2,1-5H3. The molecule has 2 aromatic carbocycles. The maximum absolute atomic E-state index is 11.2. The Morgan fingerprint density at radius 2 is 1.72 bits per heavy atom. The van der Waals surface area contributed by atoms with Crippen LogP contribution in [0, 0.1) is 5.92 Å². The summed E-state index contributed by atoms with van der Waals surface area (Å²) in [5.74, 6) is 0.684. The molecule has 0 aromatic heterocycles. The summed E-state index contributed by atoms with van der Waals surface area (Å²) in [7, 11) is 4.36. The number of halogens is 3. The van der Waals surface area contributed by atoms with Gasteiger partial charge < -0.3 is 9.84 Å². The van der Waals surface area contributed by atoms with Crippen LogP contribution in [0.15, 0.2) is 40.9 Å². The van der Waals surface area contributed by atoms with E-state index in [0.29, 0.717) is 26.7 Å². The van der Waals surface area contributed by atoms with Crippen molar-refractivity contribution in [3.05, 3.63) is 62.0 Å². The van der Waals surface area contributed by atoms with Crippen LogP contribution in [0.4, 0.5) is 0 Å². The second kappa shape index (κ2) is 10.6. The minimum Gasteiger partial charge on any atom is -0.486 e. The molecule has 0 saturated carbocycles. The van der Waals surface area contributed by atoms with Crippen molar-refractivity contribution in [3.8, 4) is 5.75 Å². The Bertz CT molecular complexity index is 932. The molecule has 3 unspecified atom stereocenters. The van der Waals surface area contributed by atoms with Gasteiger partial charge in [0, 0.05) is 10.4 Å². The molecular formula is C25H33BrCl2N2O2. The van der Waals surface area contributed by atoms with Crippen LogP contribution in [0.5, 0.6) is 5.75 Å². The van der Waals surface area contributed by atoms with Crippen LogP contribution < -0.4 is 4.74 Å². The minimum absolute atomic E-state index is 0.208. The van der Waals surface area contributed by atoms with E-state index in [-0.39, 0.29) is 11.6 Å². The maximum atomic E-state index is 11.2. The molecule has 32 heavy (non-hydrogen) atoms. The van der Waals surface area contributed by atoms with E-state index in [1.54, 1.807) is 12.1 Å². The van der Waals surface area contributed by atoms with Gasteiger partial charge in [-0.1, -0.05) is 61.3 Å². The molecule has 1 aliphatic carbocycles. The number of hydrogen-bond donors (Lipinski definition) is 1. The highest BCUT2D eigenvalue weighted by molar-refractivity contribution is 9.10. The lowest BCUT2D eigenvalue weighted by molar-refractivity contribution is -0.0880. The molecule has 4 nitrogen and oxygen atoms in total.